The van der Waals surface area contributed by atoms with Gasteiger partial charge in [-0.3, -0.25) is 0 Å². The summed E-state index contributed by atoms with van der Waals surface area (Å²) < 4.78 is -2.08. The fourth-order valence-electron chi connectivity index (χ4n) is 0. The maximum absolute atomic E-state index is 8.66. The molecule has 2 nitrogen and oxygen atoms in total. The Balaban J connectivity index is -0.000000107. The summed E-state index contributed by atoms with van der Waals surface area (Å²) in [6.45, 7) is 5.65. The van der Waals surface area contributed by atoms with E-state index in [9.17, 15) is 0 Å². The second-order valence-corrected chi connectivity index (χ2v) is 9.20. The van der Waals surface area contributed by atoms with Crippen LogP contribution in [0.15, 0.2) is 0 Å². The summed E-state index contributed by atoms with van der Waals surface area (Å²) in [5, 5.41) is 7.82. The fraction of sp³-hybridized carbons (Fsp3) is 1.00. The minimum Gasteiger partial charge on any atom is -0.433 e. The molecule has 0 aliphatic carbocycles. The maximum Gasteiger partial charge on any atom is 0.294 e. The first-order valence-electron chi connectivity index (χ1n) is 2.51. The van der Waals surface area contributed by atoms with Crippen molar-refractivity contribution in [1.82, 2.24) is 0 Å². The van der Waals surface area contributed by atoms with E-state index in [1.165, 1.54) is 0 Å². The van der Waals surface area contributed by atoms with Gasteiger partial charge in [0, 0.05) is 19.5 Å². The molecule has 0 fully saturated rings. The normalized spacial score (nSPS) is 10.9. The van der Waals surface area contributed by atoms with Gasteiger partial charge in [0.1, 0.15) is 0 Å². The van der Waals surface area contributed by atoms with E-state index in [2.05, 4.69) is 34.8 Å². The van der Waals surface area contributed by atoms with Gasteiger partial charge in [-0.05, 0) is 19.6 Å². The SMILES string of the molecule is C[Si](C)(C)O.OC(Cl)(Cl)Cl.[Zn]. The predicted octanol–water partition coefficient (Wildman–Crippen LogP) is 2.12. The second-order valence-electron chi connectivity index (χ2n) is 2.64. The average molecular weight is 291 g/mol. The summed E-state index contributed by atoms with van der Waals surface area (Å²) in [6, 6.07) is 0. The van der Waals surface area contributed by atoms with Crippen LogP contribution >= 0.6 is 34.8 Å². The third-order valence-corrected chi connectivity index (χ3v) is 0. The van der Waals surface area contributed by atoms with Crippen LogP contribution in [0.5, 0.6) is 0 Å². The van der Waals surface area contributed by atoms with Gasteiger partial charge >= 0.3 is 0 Å². The van der Waals surface area contributed by atoms with Crippen molar-refractivity contribution in [2.45, 2.75) is 23.6 Å². The van der Waals surface area contributed by atoms with E-state index in [1.54, 1.807) is 0 Å². The van der Waals surface area contributed by atoms with Crippen molar-refractivity contribution < 1.29 is 29.4 Å². The predicted molar refractivity (Wildman–Crippen MR) is 48.1 cm³/mol. The number of hydrogen-bond donors (Lipinski definition) is 2. The van der Waals surface area contributed by atoms with Crippen molar-refractivity contribution >= 4 is 43.1 Å². The van der Waals surface area contributed by atoms with Gasteiger partial charge in [-0.15, -0.1) is 0 Å². The first kappa shape index (κ1) is 18.4. The second kappa shape index (κ2) is 7.07. The molecular weight excluding hydrogens is 280 g/mol. The van der Waals surface area contributed by atoms with Gasteiger partial charge < -0.3 is 9.90 Å². The van der Waals surface area contributed by atoms with Crippen LogP contribution in [-0.4, -0.2) is 22.2 Å². The molecule has 0 heterocycles. The zero-order chi connectivity index (χ0) is 9.00. The van der Waals surface area contributed by atoms with E-state index in [0.717, 1.165) is 0 Å². The molecule has 0 atom stereocenters. The van der Waals surface area contributed by atoms with E-state index in [0.29, 0.717) is 0 Å². The van der Waals surface area contributed by atoms with Crippen molar-refractivity contribution in [3.63, 3.8) is 0 Å². The van der Waals surface area contributed by atoms with Crippen molar-refractivity contribution in [3.8, 4) is 0 Å². The minimum absolute atomic E-state index is 0. The van der Waals surface area contributed by atoms with E-state index in [1.807, 2.05) is 19.6 Å². The van der Waals surface area contributed by atoms with Crippen molar-refractivity contribution in [2.24, 2.45) is 0 Å². The smallest absolute Gasteiger partial charge is 0.294 e. The van der Waals surface area contributed by atoms with Gasteiger partial charge in [-0.1, -0.05) is 34.8 Å². The Bertz CT molecular complexity index is 66.3. The molecule has 7 heteroatoms. The largest absolute Gasteiger partial charge is 0.433 e. The van der Waals surface area contributed by atoms with Gasteiger partial charge in [-0.2, -0.15) is 0 Å². The average Bonchev–Trinajstić information content (AvgIpc) is 1.12. The van der Waals surface area contributed by atoms with Crippen LogP contribution in [-0.2, 0) is 19.5 Å². The maximum atomic E-state index is 8.66. The molecule has 0 radical (unpaired) electrons. The third-order valence-electron chi connectivity index (χ3n) is 0. The zero-order valence-electron chi connectivity index (χ0n) is 6.74. The molecule has 0 aromatic carbocycles. The van der Waals surface area contributed by atoms with Crippen molar-refractivity contribution in [2.75, 3.05) is 0 Å². The summed E-state index contributed by atoms with van der Waals surface area (Å²) in [4.78, 5) is 8.66. The molecule has 0 saturated carbocycles. The monoisotopic (exact) mass is 288 g/mol. The molecule has 0 spiro atoms. The molecule has 0 aromatic heterocycles. The summed E-state index contributed by atoms with van der Waals surface area (Å²) in [6.07, 6.45) is 0. The van der Waals surface area contributed by atoms with Crippen molar-refractivity contribution in [1.29, 1.82) is 0 Å². The zero-order valence-corrected chi connectivity index (χ0v) is 13.0. The molecule has 66 valence electrons. The Morgan fingerprint density at radius 3 is 1.09 bits per heavy atom. The van der Waals surface area contributed by atoms with Gasteiger partial charge in [0.25, 0.3) is 3.98 Å². The number of alkyl halides is 3. The molecule has 0 bridgehead atoms. The molecule has 0 amide bonds. The third kappa shape index (κ3) is 406. The Hall–Kier alpha value is 1.63. The molecule has 0 aromatic rings. The molecule has 0 rings (SSSR count). The van der Waals surface area contributed by atoms with Gasteiger partial charge in [0.15, 0.2) is 8.32 Å². The van der Waals surface area contributed by atoms with E-state index < -0.39 is 12.3 Å². The van der Waals surface area contributed by atoms with E-state index in [4.69, 9.17) is 9.90 Å². The van der Waals surface area contributed by atoms with Gasteiger partial charge in [0.2, 0.25) is 0 Å². The standard InChI is InChI=1S/C3H10OSi.CHCl3O.Zn/c1-5(2,3)4;2-1(3,4)5;/h4H,1-3H3;5H;. The van der Waals surface area contributed by atoms with Crippen LogP contribution in [0.25, 0.3) is 0 Å². The van der Waals surface area contributed by atoms with Crippen LogP contribution in [0.3, 0.4) is 0 Å². The van der Waals surface area contributed by atoms with Gasteiger partial charge in [0.05, 0.1) is 0 Å². The van der Waals surface area contributed by atoms with Crippen LogP contribution in [0.1, 0.15) is 0 Å². The summed E-state index contributed by atoms with van der Waals surface area (Å²) in [5.74, 6) is 0. The van der Waals surface area contributed by atoms with E-state index >= 15 is 0 Å². The van der Waals surface area contributed by atoms with Crippen LogP contribution in [0.2, 0.25) is 19.6 Å². The quantitative estimate of drug-likeness (QED) is 0.530. The Morgan fingerprint density at radius 1 is 1.09 bits per heavy atom. The molecule has 0 unspecified atom stereocenters. The summed E-state index contributed by atoms with van der Waals surface area (Å²) >= 11 is 13.8. The fourth-order valence-corrected chi connectivity index (χ4v) is 0. The summed E-state index contributed by atoms with van der Waals surface area (Å²) in [7, 11) is -1.61. The summed E-state index contributed by atoms with van der Waals surface area (Å²) in [5.41, 5.74) is 0. The number of halogens is 3. The topological polar surface area (TPSA) is 40.5 Å². The molecule has 0 aliphatic heterocycles. The first-order chi connectivity index (χ1) is 4.00. The van der Waals surface area contributed by atoms with Gasteiger partial charge in [-0.25, -0.2) is 0 Å². The molecule has 0 aliphatic rings. The van der Waals surface area contributed by atoms with Crippen molar-refractivity contribution in [3.05, 3.63) is 0 Å². The Morgan fingerprint density at radius 2 is 1.09 bits per heavy atom. The number of aliphatic hydroxyl groups is 1. The molecule has 2 N–H and O–H groups in total. The van der Waals surface area contributed by atoms with Crippen LogP contribution in [0.4, 0.5) is 0 Å². The van der Waals surface area contributed by atoms with Crippen LogP contribution in [0, 0.1) is 0 Å². The molecule has 11 heavy (non-hydrogen) atoms. The van der Waals surface area contributed by atoms with E-state index in [-0.39, 0.29) is 19.5 Å². The Labute approximate surface area is 95.7 Å². The minimum atomic E-state index is -2.08. The molecule has 0 saturated heterocycles. The molecular formula is C4H11Cl3O2SiZn. The number of rotatable bonds is 0. The number of hydrogen-bond acceptors (Lipinski definition) is 2. The van der Waals surface area contributed by atoms with Crippen LogP contribution < -0.4 is 0 Å². The Kier molecular flexibility index (Phi) is 11.8. The first-order valence-corrected chi connectivity index (χ1v) is 7.10.